The normalized spacial score (nSPS) is 13.2. The molecule has 2 rings (SSSR count). The third-order valence-electron chi connectivity index (χ3n) is 4.73. The number of rotatable bonds is 7. The first kappa shape index (κ1) is 22.9. The van der Waals surface area contributed by atoms with Gasteiger partial charge in [0.2, 0.25) is 5.91 Å². The minimum Gasteiger partial charge on any atom is -0.348 e. The van der Waals surface area contributed by atoms with Gasteiger partial charge in [-0.15, -0.1) is 0 Å². The van der Waals surface area contributed by atoms with Crippen molar-refractivity contribution >= 4 is 21.8 Å². The zero-order valence-electron chi connectivity index (χ0n) is 18.0. The topological polar surface area (TPSA) is 69.7 Å². The SMILES string of the molecule is C[C@@H](NC(=O)CN(c1ccccc1)S(=O)(=O)N(C)C)c1ccc(C(C)(C)C)cc1. The molecule has 0 spiro atoms. The van der Waals surface area contributed by atoms with E-state index in [0.717, 1.165) is 14.2 Å². The molecule has 1 atom stereocenters. The first-order chi connectivity index (χ1) is 13.4. The van der Waals surface area contributed by atoms with E-state index >= 15 is 0 Å². The summed E-state index contributed by atoms with van der Waals surface area (Å²) in [4.78, 5) is 12.7. The van der Waals surface area contributed by atoms with Gasteiger partial charge in [0.15, 0.2) is 0 Å². The van der Waals surface area contributed by atoms with E-state index in [1.54, 1.807) is 30.3 Å². The molecule has 158 valence electrons. The van der Waals surface area contributed by atoms with Crippen molar-refractivity contribution in [2.45, 2.75) is 39.2 Å². The molecule has 0 bridgehead atoms. The summed E-state index contributed by atoms with van der Waals surface area (Å²) in [6.45, 7) is 8.04. The zero-order chi connectivity index (χ0) is 21.8. The maximum absolute atomic E-state index is 12.7. The van der Waals surface area contributed by atoms with Gasteiger partial charge >= 0.3 is 10.2 Å². The van der Waals surface area contributed by atoms with Crippen LogP contribution in [-0.2, 0) is 20.4 Å². The number of benzene rings is 2. The van der Waals surface area contributed by atoms with E-state index < -0.39 is 10.2 Å². The van der Waals surface area contributed by atoms with Crippen LogP contribution in [0.3, 0.4) is 0 Å². The van der Waals surface area contributed by atoms with E-state index in [2.05, 4.69) is 38.2 Å². The van der Waals surface area contributed by atoms with Gasteiger partial charge in [0.05, 0.1) is 11.7 Å². The van der Waals surface area contributed by atoms with Crippen LogP contribution in [0.25, 0.3) is 0 Å². The van der Waals surface area contributed by atoms with Gasteiger partial charge in [-0.25, -0.2) is 4.31 Å². The number of anilines is 1. The second-order valence-electron chi connectivity index (χ2n) is 8.29. The summed E-state index contributed by atoms with van der Waals surface area (Å²) in [5.74, 6) is -0.369. The molecule has 0 aliphatic rings. The highest BCUT2D eigenvalue weighted by atomic mass is 32.2. The number of amides is 1. The largest absolute Gasteiger partial charge is 0.348 e. The molecular weight excluding hydrogens is 386 g/mol. The highest BCUT2D eigenvalue weighted by molar-refractivity contribution is 7.90. The van der Waals surface area contributed by atoms with E-state index in [-0.39, 0.29) is 23.9 Å². The van der Waals surface area contributed by atoms with Crippen molar-refractivity contribution in [3.63, 3.8) is 0 Å². The number of carbonyl (C=O) groups is 1. The van der Waals surface area contributed by atoms with Gasteiger partial charge in [-0.1, -0.05) is 63.2 Å². The van der Waals surface area contributed by atoms with Gasteiger partial charge in [0.25, 0.3) is 0 Å². The first-order valence-corrected chi connectivity index (χ1v) is 11.0. The Labute approximate surface area is 174 Å². The predicted molar refractivity (Wildman–Crippen MR) is 118 cm³/mol. The van der Waals surface area contributed by atoms with Crippen LogP contribution < -0.4 is 9.62 Å². The fourth-order valence-electron chi connectivity index (χ4n) is 2.87. The quantitative estimate of drug-likeness (QED) is 0.750. The third kappa shape index (κ3) is 5.81. The Morgan fingerprint density at radius 2 is 1.55 bits per heavy atom. The Hall–Kier alpha value is -2.38. The van der Waals surface area contributed by atoms with E-state index in [0.29, 0.717) is 5.69 Å². The lowest BCUT2D eigenvalue weighted by atomic mass is 9.86. The van der Waals surface area contributed by atoms with Crippen LogP contribution in [0.2, 0.25) is 0 Å². The standard InChI is InChI=1S/C22H31N3O3S/c1-17(18-12-14-19(15-13-18)22(2,3)4)23-21(26)16-25(29(27,28)24(5)6)20-10-8-7-9-11-20/h7-15,17H,16H2,1-6H3,(H,23,26)/t17-/m1/s1. The lowest BCUT2D eigenvalue weighted by Gasteiger charge is -2.27. The summed E-state index contributed by atoms with van der Waals surface area (Å²) in [5, 5.41) is 2.90. The fourth-order valence-corrected chi connectivity index (χ4v) is 3.93. The summed E-state index contributed by atoms with van der Waals surface area (Å²) in [6.07, 6.45) is 0. The Morgan fingerprint density at radius 3 is 2.03 bits per heavy atom. The van der Waals surface area contributed by atoms with Crippen molar-refractivity contribution in [2.24, 2.45) is 0 Å². The van der Waals surface area contributed by atoms with Gasteiger partial charge in [-0.2, -0.15) is 12.7 Å². The van der Waals surface area contributed by atoms with Crippen molar-refractivity contribution in [3.8, 4) is 0 Å². The summed E-state index contributed by atoms with van der Waals surface area (Å²) in [5.41, 5.74) is 2.68. The van der Waals surface area contributed by atoms with Crippen molar-refractivity contribution < 1.29 is 13.2 Å². The number of nitrogens with zero attached hydrogens (tertiary/aromatic N) is 2. The van der Waals surface area contributed by atoms with Gasteiger partial charge in [0.1, 0.15) is 6.54 Å². The molecule has 6 nitrogen and oxygen atoms in total. The van der Waals surface area contributed by atoms with Crippen LogP contribution in [0.15, 0.2) is 54.6 Å². The Kier molecular flexibility index (Phi) is 7.08. The van der Waals surface area contributed by atoms with Crippen LogP contribution in [0.4, 0.5) is 5.69 Å². The lowest BCUT2D eigenvalue weighted by Crippen LogP contribution is -2.46. The van der Waals surface area contributed by atoms with E-state index in [9.17, 15) is 13.2 Å². The molecule has 2 aromatic carbocycles. The molecule has 0 fully saturated rings. The third-order valence-corrected chi connectivity index (χ3v) is 6.55. The molecule has 0 aliphatic carbocycles. The monoisotopic (exact) mass is 417 g/mol. The molecule has 0 saturated heterocycles. The number of carbonyl (C=O) groups excluding carboxylic acids is 1. The molecule has 0 radical (unpaired) electrons. The fraction of sp³-hybridized carbons (Fsp3) is 0.409. The predicted octanol–water partition coefficient (Wildman–Crippen LogP) is 3.47. The highest BCUT2D eigenvalue weighted by Crippen LogP contribution is 2.24. The molecule has 2 aromatic rings. The molecular formula is C22H31N3O3S. The highest BCUT2D eigenvalue weighted by Gasteiger charge is 2.27. The second kappa shape index (κ2) is 8.97. The molecule has 1 amide bonds. The first-order valence-electron chi connectivity index (χ1n) is 9.58. The van der Waals surface area contributed by atoms with Gasteiger partial charge in [0, 0.05) is 14.1 Å². The van der Waals surface area contributed by atoms with Crippen molar-refractivity contribution in [1.29, 1.82) is 0 Å². The van der Waals surface area contributed by atoms with Crippen molar-refractivity contribution in [2.75, 3.05) is 24.9 Å². The number of hydrogen-bond donors (Lipinski definition) is 1. The molecule has 1 N–H and O–H groups in total. The van der Waals surface area contributed by atoms with Crippen LogP contribution in [0.5, 0.6) is 0 Å². The van der Waals surface area contributed by atoms with Gasteiger partial charge in [-0.3, -0.25) is 4.79 Å². The maximum Gasteiger partial charge on any atom is 0.304 e. The second-order valence-corrected chi connectivity index (χ2v) is 10.4. The van der Waals surface area contributed by atoms with E-state index in [1.165, 1.54) is 19.7 Å². The average molecular weight is 418 g/mol. The zero-order valence-corrected chi connectivity index (χ0v) is 18.8. The number of para-hydroxylation sites is 1. The van der Waals surface area contributed by atoms with Crippen molar-refractivity contribution in [1.82, 2.24) is 9.62 Å². The minimum absolute atomic E-state index is 0.0573. The molecule has 0 heterocycles. The van der Waals surface area contributed by atoms with Gasteiger partial charge < -0.3 is 5.32 Å². The summed E-state index contributed by atoms with van der Waals surface area (Å²) in [6, 6.07) is 16.5. The van der Waals surface area contributed by atoms with Crippen molar-refractivity contribution in [3.05, 3.63) is 65.7 Å². The summed E-state index contributed by atoms with van der Waals surface area (Å²) < 4.78 is 27.7. The smallest absolute Gasteiger partial charge is 0.304 e. The van der Waals surface area contributed by atoms with Crippen LogP contribution in [-0.4, -0.2) is 39.3 Å². The maximum atomic E-state index is 12.7. The summed E-state index contributed by atoms with van der Waals surface area (Å²) in [7, 11) is -0.910. The molecule has 0 aromatic heterocycles. The van der Waals surface area contributed by atoms with E-state index in [1.807, 2.05) is 19.1 Å². The molecule has 0 saturated carbocycles. The Bertz CT molecular complexity index is 918. The number of hydrogen-bond acceptors (Lipinski definition) is 3. The van der Waals surface area contributed by atoms with E-state index in [4.69, 9.17) is 0 Å². The minimum atomic E-state index is -3.80. The lowest BCUT2D eigenvalue weighted by molar-refractivity contribution is -0.120. The number of nitrogens with one attached hydrogen (secondary N) is 1. The Balaban J connectivity index is 2.16. The average Bonchev–Trinajstić information content (AvgIpc) is 2.66. The molecule has 0 unspecified atom stereocenters. The van der Waals surface area contributed by atoms with Crippen LogP contribution in [0, 0.1) is 0 Å². The van der Waals surface area contributed by atoms with Crippen LogP contribution in [0.1, 0.15) is 44.9 Å². The Morgan fingerprint density at radius 1 is 1.00 bits per heavy atom. The molecule has 29 heavy (non-hydrogen) atoms. The molecule has 0 aliphatic heterocycles. The van der Waals surface area contributed by atoms with Gasteiger partial charge in [-0.05, 0) is 35.6 Å². The summed E-state index contributed by atoms with van der Waals surface area (Å²) >= 11 is 0. The van der Waals surface area contributed by atoms with Crippen LogP contribution >= 0.6 is 0 Å². The molecule has 7 heteroatoms.